The van der Waals surface area contributed by atoms with Crippen LogP contribution in [0.15, 0.2) is 113 Å². The normalized spacial score (nSPS) is 13.0. The van der Waals surface area contributed by atoms with E-state index < -0.39 is 11.8 Å². The molecule has 0 radical (unpaired) electrons. The molecule has 0 saturated heterocycles. The van der Waals surface area contributed by atoms with Crippen LogP contribution in [0.3, 0.4) is 0 Å². The van der Waals surface area contributed by atoms with Crippen LogP contribution in [-0.4, -0.2) is 24.8 Å². The number of imide groups is 1. The van der Waals surface area contributed by atoms with Crippen LogP contribution in [0.1, 0.15) is 21.5 Å². The van der Waals surface area contributed by atoms with Gasteiger partial charge in [-0.3, -0.25) is 14.4 Å². The van der Waals surface area contributed by atoms with Gasteiger partial charge in [0.25, 0.3) is 17.7 Å². The molecule has 2 N–H and O–H groups in total. The summed E-state index contributed by atoms with van der Waals surface area (Å²) in [7, 11) is 1.50. The summed E-state index contributed by atoms with van der Waals surface area (Å²) >= 11 is 1.16. The number of thioether (sulfide) groups is 1. The van der Waals surface area contributed by atoms with Crippen LogP contribution in [0.2, 0.25) is 0 Å². The quantitative estimate of drug-likeness (QED) is 0.242. The number of hydrogen-bond acceptors (Lipinski definition) is 6. The zero-order chi connectivity index (χ0) is 28.2. The molecule has 0 aromatic heterocycles. The third kappa shape index (κ3) is 5.62. The Hall–Kier alpha value is -4.82. The molecule has 3 amide bonds. The Morgan fingerprint density at radius 2 is 1.50 bits per heavy atom. The van der Waals surface area contributed by atoms with Crippen molar-refractivity contribution in [2.75, 3.05) is 22.6 Å². The number of carbonyl (C=O) groups is 3. The zero-order valence-electron chi connectivity index (χ0n) is 22.2. The molecular formula is C32H27N3O4S. The average Bonchev–Trinajstić information content (AvgIpc) is 3.18. The second-order valence-corrected chi connectivity index (χ2v) is 10.3. The van der Waals surface area contributed by atoms with Crippen molar-refractivity contribution in [1.29, 1.82) is 0 Å². The zero-order valence-corrected chi connectivity index (χ0v) is 23.0. The number of rotatable bonds is 8. The number of methoxy groups -OCH3 is 1. The monoisotopic (exact) mass is 549 g/mol. The number of nitrogens with one attached hydrogen (secondary N) is 2. The first-order valence-electron chi connectivity index (χ1n) is 12.6. The van der Waals surface area contributed by atoms with Gasteiger partial charge in [0.2, 0.25) is 0 Å². The van der Waals surface area contributed by atoms with Crippen molar-refractivity contribution in [1.82, 2.24) is 0 Å². The summed E-state index contributed by atoms with van der Waals surface area (Å²) in [5.41, 5.74) is 4.28. The molecule has 1 aliphatic rings. The molecule has 0 spiro atoms. The molecule has 0 fully saturated rings. The first kappa shape index (κ1) is 26.8. The number of aryl methyl sites for hydroxylation is 2. The van der Waals surface area contributed by atoms with Crippen molar-refractivity contribution >= 4 is 46.5 Å². The molecule has 0 aliphatic carbocycles. The lowest BCUT2D eigenvalue weighted by Crippen LogP contribution is -2.32. The van der Waals surface area contributed by atoms with Crippen molar-refractivity contribution in [2.24, 2.45) is 0 Å². The number of hydrogen-bond donors (Lipinski definition) is 2. The van der Waals surface area contributed by atoms with E-state index in [0.29, 0.717) is 33.3 Å². The minimum atomic E-state index is -0.481. The molecule has 5 rings (SSSR count). The van der Waals surface area contributed by atoms with Gasteiger partial charge in [0.15, 0.2) is 0 Å². The lowest BCUT2D eigenvalue weighted by molar-refractivity contribution is -0.120. The van der Waals surface area contributed by atoms with Gasteiger partial charge >= 0.3 is 0 Å². The van der Waals surface area contributed by atoms with E-state index >= 15 is 0 Å². The molecule has 200 valence electrons. The van der Waals surface area contributed by atoms with Gasteiger partial charge in [-0.15, -0.1) is 0 Å². The maximum Gasteiger partial charge on any atom is 0.283 e. The van der Waals surface area contributed by atoms with Crippen LogP contribution < -0.4 is 20.3 Å². The molecule has 1 aliphatic heterocycles. The largest absolute Gasteiger partial charge is 0.495 e. The number of benzene rings is 4. The van der Waals surface area contributed by atoms with Crippen LogP contribution >= 0.6 is 11.8 Å². The molecule has 1 heterocycles. The molecule has 0 atom stereocenters. The Kier molecular flexibility index (Phi) is 7.70. The maximum atomic E-state index is 13.9. The molecule has 40 heavy (non-hydrogen) atoms. The van der Waals surface area contributed by atoms with Gasteiger partial charge in [-0.2, -0.15) is 0 Å². The Bertz CT molecular complexity index is 1630. The summed E-state index contributed by atoms with van der Waals surface area (Å²) in [6.07, 6.45) is 0. The van der Waals surface area contributed by atoms with Crippen LogP contribution in [0.25, 0.3) is 0 Å². The summed E-state index contributed by atoms with van der Waals surface area (Å²) in [5, 5.41) is 6.07. The third-order valence-corrected chi connectivity index (χ3v) is 7.36. The predicted octanol–water partition coefficient (Wildman–Crippen LogP) is 6.55. The molecule has 0 saturated carbocycles. The number of amides is 3. The van der Waals surface area contributed by atoms with Crippen LogP contribution in [0, 0.1) is 13.8 Å². The summed E-state index contributed by atoms with van der Waals surface area (Å²) in [5.74, 6) is -0.773. The molecular weight excluding hydrogens is 522 g/mol. The third-order valence-electron chi connectivity index (χ3n) is 6.29. The SMILES string of the molecule is COc1ccc(C)cc1N1C(=O)C(Nc2ccc(C)cc2)=C(Sc2cccc(NC(=O)c3ccccc3)c2)C1=O. The van der Waals surface area contributed by atoms with Crippen LogP contribution in [-0.2, 0) is 9.59 Å². The van der Waals surface area contributed by atoms with Gasteiger partial charge in [-0.1, -0.05) is 59.8 Å². The Balaban J connectivity index is 1.49. The smallest absolute Gasteiger partial charge is 0.283 e. The highest BCUT2D eigenvalue weighted by Gasteiger charge is 2.41. The molecule has 7 nitrogen and oxygen atoms in total. The standard InChI is InChI=1S/C32H27N3O4S/c1-20-12-15-23(16-13-20)33-28-29(32(38)35(31(28)37)26-18-21(2)14-17-27(26)39-3)40-25-11-7-10-24(19-25)34-30(36)22-8-5-4-6-9-22/h4-19,33H,1-3H3,(H,34,36). The van der Waals surface area contributed by atoms with E-state index in [1.165, 1.54) is 7.11 Å². The van der Waals surface area contributed by atoms with Gasteiger partial charge in [0.1, 0.15) is 16.4 Å². The lowest BCUT2D eigenvalue weighted by atomic mass is 10.2. The maximum absolute atomic E-state index is 13.9. The highest BCUT2D eigenvalue weighted by molar-refractivity contribution is 8.04. The number of anilines is 3. The Morgan fingerprint density at radius 3 is 2.23 bits per heavy atom. The van der Waals surface area contributed by atoms with E-state index in [1.54, 1.807) is 54.6 Å². The second kappa shape index (κ2) is 11.5. The van der Waals surface area contributed by atoms with E-state index in [2.05, 4.69) is 10.6 Å². The van der Waals surface area contributed by atoms with Gasteiger partial charge in [0.05, 0.1) is 12.8 Å². The van der Waals surface area contributed by atoms with Crippen LogP contribution in [0.4, 0.5) is 17.1 Å². The van der Waals surface area contributed by atoms with Gasteiger partial charge < -0.3 is 15.4 Å². The molecule has 0 unspecified atom stereocenters. The fourth-order valence-electron chi connectivity index (χ4n) is 4.24. The molecule has 4 aromatic carbocycles. The average molecular weight is 550 g/mol. The fourth-order valence-corrected chi connectivity index (χ4v) is 5.22. The van der Waals surface area contributed by atoms with E-state index in [0.717, 1.165) is 27.8 Å². The molecule has 8 heteroatoms. The molecule has 4 aromatic rings. The van der Waals surface area contributed by atoms with Crippen LogP contribution in [0.5, 0.6) is 5.75 Å². The van der Waals surface area contributed by atoms with E-state index in [9.17, 15) is 14.4 Å². The van der Waals surface area contributed by atoms with Crippen molar-refractivity contribution in [3.05, 3.63) is 124 Å². The second-order valence-electron chi connectivity index (χ2n) is 9.27. The van der Waals surface area contributed by atoms with Crippen molar-refractivity contribution in [3.8, 4) is 5.75 Å². The van der Waals surface area contributed by atoms with Crippen molar-refractivity contribution in [2.45, 2.75) is 18.7 Å². The number of ether oxygens (including phenoxy) is 1. The van der Waals surface area contributed by atoms with E-state index in [1.807, 2.05) is 56.3 Å². The van der Waals surface area contributed by atoms with Gasteiger partial charge in [-0.05, 0) is 74.0 Å². The van der Waals surface area contributed by atoms with Gasteiger partial charge in [0, 0.05) is 21.8 Å². The fraction of sp³-hybridized carbons (Fsp3) is 0.0938. The minimum absolute atomic E-state index is 0.168. The van der Waals surface area contributed by atoms with Crippen molar-refractivity contribution in [3.63, 3.8) is 0 Å². The minimum Gasteiger partial charge on any atom is -0.495 e. The summed E-state index contributed by atoms with van der Waals surface area (Å²) in [6.45, 7) is 3.86. The predicted molar refractivity (Wildman–Crippen MR) is 159 cm³/mol. The highest BCUT2D eigenvalue weighted by Crippen LogP contribution is 2.41. The summed E-state index contributed by atoms with van der Waals surface area (Å²) in [4.78, 5) is 42.4. The Morgan fingerprint density at radius 1 is 0.775 bits per heavy atom. The van der Waals surface area contributed by atoms with E-state index in [-0.39, 0.29) is 16.5 Å². The number of carbonyl (C=O) groups excluding carboxylic acids is 3. The highest BCUT2D eigenvalue weighted by atomic mass is 32.2. The van der Waals surface area contributed by atoms with Gasteiger partial charge in [-0.25, -0.2) is 4.90 Å². The first-order chi connectivity index (χ1) is 19.3. The summed E-state index contributed by atoms with van der Waals surface area (Å²) in [6, 6.07) is 29.0. The lowest BCUT2D eigenvalue weighted by Gasteiger charge is -2.19. The first-order valence-corrected chi connectivity index (χ1v) is 13.4. The summed E-state index contributed by atoms with van der Waals surface area (Å²) < 4.78 is 5.49. The van der Waals surface area contributed by atoms with Crippen molar-refractivity contribution < 1.29 is 19.1 Å². The van der Waals surface area contributed by atoms with E-state index in [4.69, 9.17) is 4.74 Å². The Labute approximate surface area is 236 Å². The number of nitrogens with zero attached hydrogens (tertiary/aromatic N) is 1. The topological polar surface area (TPSA) is 87.7 Å². The molecule has 0 bridgehead atoms.